The lowest BCUT2D eigenvalue weighted by atomic mass is 10.2. The molecule has 0 aliphatic carbocycles. The quantitative estimate of drug-likeness (QED) is 0.317. The zero-order valence-corrected chi connectivity index (χ0v) is 16.4. The predicted octanol–water partition coefficient (Wildman–Crippen LogP) is 5.32. The molecule has 0 radical (unpaired) electrons. The minimum atomic E-state index is -0.396. The fraction of sp³-hybridized carbons (Fsp3) is 0.300. The van der Waals surface area contributed by atoms with Crippen LogP contribution in [0.2, 0.25) is 10.0 Å². The Balaban J connectivity index is 1.73. The van der Waals surface area contributed by atoms with Crippen LogP contribution in [0.1, 0.15) is 36.5 Å². The molecular weight excluding hydrogens is 391 g/mol. The lowest BCUT2D eigenvalue weighted by molar-refractivity contribution is -0.134. The summed E-state index contributed by atoms with van der Waals surface area (Å²) >= 11 is 11.8. The summed E-state index contributed by atoms with van der Waals surface area (Å²) in [7, 11) is 0. The van der Waals surface area contributed by atoms with Gasteiger partial charge in [0.1, 0.15) is 11.5 Å². The summed E-state index contributed by atoms with van der Waals surface area (Å²) in [5.74, 6) is 0.100. The molecule has 0 saturated carbocycles. The lowest BCUT2D eigenvalue weighted by Gasteiger charge is -2.08. The summed E-state index contributed by atoms with van der Waals surface area (Å²) in [6, 6.07) is 11.2. The van der Waals surface area contributed by atoms with Crippen LogP contribution >= 0.6 is 23.2 Å². The number of benzene rings is 2. The third-order valence-electron chi connectivity index (χ3n) is 3.44. The minimum absolute atomic E-state index is 0.186. The standard InChI is InChI=1S/C20H20Cl2O5/c1-2-11-26-20(24)14-5-8-16(9-6-14)27-19(23)4-3-12-25-18-10-7-15(21)13-17(18)22/h5-10,13H,2-4,11-12H2,1H3. The van der Waals surface area contributed by atoms with Gasteiger partial charge in [0, 0.05) is 11.4 Å². The second kappa shape index (κ2) is 10.8. The molecule has 0 atom stereocenters. The van der Waals surface area contributed by atoms with Crippen LogP contribution in [0.5, 0.6) is 11.5 Å². The molecule has 0 fully saturated rings. The molecule has 0 aliphatic heterocycles. The van der Waals surface area contributed by atoms with Gasteiger partial charge in [-0.2, -0.15) is 0 Å². The van der Waals surface area contributed by atoms with E-state index < -0.39 is 5.97 Å². The number of hydrogen-bond acceptors (Lipinski definition) is 5. The molecule has 5 nitrogen and oxygen atoms in total. The van der Waals surface area contributed by atoms with Crippen molar-refractivity contribution in [2.45, 2.75) is 26.2 Å². The third-order valence-corrected chi connectivity index (χ3v) is 3.97. The number of ether oxygens (including phenoxy) is 3. The van der Waals surface area contributed by atoms with E-state index in [1.54, 1.807) is 42.5 Å². The van der Waals surface area contributed by atoms with Crippen molar-refractivity contribution in [1.82, 2.24) is 0 Å². The van der Waals surface area contributed by atoms with Crippen LogP contribution in [-0.2, 0) is 9.53 Å². The average Bonchev–Trinajstić information content (AvgIpc) is 2.65. The van der Waals surface area contributed by atoms with E-state index in [4.69, 9.17) is 37.4 Å². The van der Waals surface area contributed by atoms with Crippen molar-refractivity contribution < 1.29 is 23.8 Å². The van der Waals surface area contributed by atoms with Crippen molar-refractivity contribution in [3.05, 3.63) is 58.1 Å². The number of rotatable bonds is 9. The highest BCUT2D eigenvalue weighted by Gasteiger charge is 2.09. The zero-order chi connectivity index (χ0) is 19.6. The maximum atomic E-state index is 11.9. The van der Waals surface area contributed by atoms with Gasteiger partial charge in [-0.3, -0.25) is 4.79 Å². The molecule has 0 spiro atoms. The van der Waals surface area contributed by atoms with Gasteiger partial charge >= 0.3 is 11.9 Å². The molecule has 0 saturated heterocycles. The summed E-state index contributed by atoms with van der Waals surface area (Å²) in [6.07, 6.45) is 1.42. The Hall–Kier alpha value is -2.24. The van der Waals surface area contributed by atoms with E-state index in [9.17, 15) is 9.59 Å². The molecular formula is C20H20Cl2O5. The van der Waals surface area contributed by atoms with Crippen molar-refractivity contribution in [2.75, 3.05) is 13.2 Å². The van der Waals surface area contributed by atoms with E-state index in [1.165, 1.54) is 0 Å². The van der Waals surface area contributed by atoms with Gasteiger partial charge in [0.2, 0.25) is 0 Å². The molecule has 0 amide bonds. The number of halogens is 2. The van der Waals surface area contributed by atoms with Gasteiger partial charge < -0.3 is 14.2 Å². The summed E-state index contributed by atoms with van der Waals surface area (Å²) in [5.41, 5.74) is 0.413. The molecule has 27 heavy (non-hydrogen) atoms. The van der Waals surface area contributed by atoms with E-state index in [0.717, 1.165) is 6.42 Å². The minimum Gasteiger partial charge on any atom is -0.492 e. The summed E-state index contributed by atoms with van der Waals surface area (Å²) in [4.78, 5) is 23.6. The maximum absolute atomic E-state index is 11.9. The smallest absolute Gasteiger partial charge is 0.338 e. The molecule has 2 rings (SSSR count). The molecule has 144 valence electrons. The number of carbonyl (C=O) groups is 2. The molecule has 0 N–H and O–H groups in total. The van der Waals surface area contributed by atoms with Crippen LogP contribution in [-0.4, -0.2) is 25.2 Å². The van der Waals surface area contributed by atoms with Gasteiger partial charge in [-0.25, -0.2) is 4.79 Å². The van der Waals surface area contributed by atoms with Crippen LogP contribution in [0.15, 0.2) is 42.5 Å². The van der Waals surface area contributed by atoms with Crippen LogP contribution < -0.4 is 9.47 Å². The van der Waals surface area contributed by atoms with Crippen LogP contribution in [0, 0.1) is 0 Å². The van der Waals surface area contributed by atoms with Gasteiger partial charge in [-0.05, 0) is 55.3 Å². The highest BCUT2D eigenvalue weighted by atomic mass is 35.5. The molecule has 2 aromatic carbocycles. The van der Waals surface area contributed by atoms with Crippen molar-refractivity contribution in [3.63, 3.8) is 0 Å². The Morgan fingerprint density at radius 3 is 2.41 bits per heavy atom. The molecule has 0 heterocycles. The Bertz CT molecular complexity index is 774. The second-order valence-electron chi connectivity index (χ2n) is 5.66. The van der Waals surface area contributed by atoms with Crippen LogP contribution in [0.25, 0.3) is 0 Å². The molecule has 0 bridgehead atoms. The largest absolute Gasteiger partial charge is 0.492 e. The fourth-order valence-corrected chi connectivity index (χ4v) is 2.57. The highest BCUT2D eigenvalue weighted by Crippen LogP contribution is 2.27. The van der Waals surface area contributed by atoms with Crippen molar-refractivity contribution in [2.24, 2.45) is 0 Å². The topological polar surface area (TPSA) is 61.8 Å². The van der Waals surface area contributed by atoms with Crippen molar-refractivity contribution in [3.8, 4) is 11.5 Å². The molecule has 0 aromatic heterocycles. The zero-order valence-electron chi connectivity index (χ0n) is 14.9. The van der Waals surface area contributed by atoms with Crippen LogP contribution in [0.4, 0.5) is 0 Å². The predicted molar refractivity (Wildman–Crippen MR) is 104 cm³/mol. The van der Waals surface area contributed by atoms with E-state index >= 15 is 0 Å². The van der Waals surface area contributed by atoms with E-state index in [0.29, 0.717) is 46.7 Å². The highest BCUT2D eigenvalue weighted by molar-refractivity contribution is 6.35. The van der Waals surface area contributed by atoms with Gasteiger partial charge in [-0.1, -0.05) is 30.1 Å². The second-order valence-corrected chi connectivity index (χ2v) is 6.50. The summed E-state index contributed by atoms with van der Waals surface area (Å²) in [6.45, 7) is 2.61. The van der Waals surface area contributed by atoms with Gasteiger partial charge in [0.15, 0.2) is 0 Å². The van der Waals surface area contributed by atoms with Gasteiger partial charge in [0.05, 0.1) is 23.8 Å². The Morgan fingerprint density at radius 2 is 1.74 bits per heavy atom. The van der Waals surface area contributed by atoms with E-state index in [1.807, 2.05) is 6.92 Å². The van der Waals surface area contributed by atoms with Crippen LogP contribution in [0.3, 0.4) is 0 Å². The first-order valence-corrected chi connectivity index (χ1v) is 9.31. The first-order valence-electron chi connectivity index (χ1n) is 8.55. The Morgan fingerprint density at radius 1 is 1.00 bits per heavy atom. The van der Waals surface area contributed by atoms with Crippen molar-refractivity contribution in [1.29, 1.82) is 0 Å². The third kappa shape index (κ3) is 7.12. The molecule has 7 heteroatoms. The van der Waals surface area contributed by atoms with E-state index in [2.05, 4.69) is 0 Å². The monoisotopic (exact) mass is 410 g/mol. The van der Waals surface area contributed by atoms with E-state index in [-0.39, 0.29) is 12.4 Å². The maximum Gasteiger partial charge on any atom is 0.338 e. The molecule has 2 aromatic rings. The summed E-state index contributed by atoms with van der Waals surface area (Å²) < 4.78 is 15.8. The average molecular weight is 411 g/mol. The number of esters is 2. The van der Waals surface area contributed by atoms with Gasteiger partial charge in [0.25, 0.3) is 0 Å². The van der Waals surface area contributed by atoms with Crippen molar-refractivity contribution >= 4 is 35.1 Å². The first kappa shape index (κ1) is 21.1. The Labute approximate surface area is 168 Å². The number of hydrogen-bond donors (Lipinski definition) is 0. The lowest BCUT2D eigenvalue weighted by Crippen LogP contribution is -2.10. The number of carbonyl (C=O) groups excluding carboxylic acids is 2. The first-order chi connectivity index (χ1) is 13.0. The Kier molecular flexibility index (Phi) is 8.43. The summed E-state index contributed by atoms with van der Waals surface area (Å²) in [5, 5.41) is 0.947. The molecule has 0 aliphatic rings. The SMILES string of the molecule is CCCOC(=O)c1ccc(OC(=O)CCCOc2ccc(Cl)cc2Cl)cc1. The fourth-order valence-electron chi connectivity index (χ4n) is 2.11. The van der Waals surface area contributed by atoms with Gasteiger partial charge in [-0.15, -0.1) is 0 Å². The molecule has 0 unspecified atom stereocenters. The normalized spacial score (nSPS) is 10.3.